The van der Waals surface area contributed by atoms with E-state index in [9.17, 15) is 14.4 Å². The highest BCUT2D eigenvalue weighted by molar-refractivity contribution is 5.92. The maximum absolute atomic E-state index is 13.9. The zero-order valence-electron chi connectivity index (χ0n) is 23.3. The van der Waals surface area contributed by atoms with Gasteiger partial charge in [0.2, 0.25) is 11.8 Å². The van der Waals surface area contributed by atoms with Gasteiger partial charge >= 0.3 is 6.09 Å². The van der Waals surface area contributed by atoms with Gasteiger partial charge in [-0.1, -0.05) is 51.8 Å². The maximum atomic E-state index is 13.9. The Morgan fingerprint density at radius 2 is 1.63 bits per heavy atom. The Bertz CT molecular complexity index is 825. The van der Waals surface area contributed by atoms with Crippen molar-refractivity contribution in [2.24, 2.45) is 5.92 Å². The molecule has 0 bridgehead atoms. The normalized spacial score (nSPS) is 13.2. The summed E-state index contributed by atoms with van der Waals surface area (Å²) in [7, 11) is 0. The summed E-state index contributed by atoms with van der Waals surface area (Å²) in [5.41, 5.74) is 2.05. The van der Waals surface area contributed by atoms with Gasteiger partial charge in [0.05, 0.1) is 0 Å². The van der Waals surface area contributed by atoms with Crippen molar-refractivity contribution in [2.75, 3.05) is 13.1 Å². The van der Waals surface area contributed by atoms with Crippen LogP contribution in [-0.2, 0) is 14.3 Å². The van der Waals surface area contributed by atoms with E-state index in [0.717, 1.165) is 36.0 Å². The largest absolute Gasteiger partial charge is 0.444 e. The highest BCUT2D eigenvalue weighted by Crippen LogP contribution is 2.29. The number of nitrogens with one attached hydrogen (secondary N) is 2. The first-order valence-corrected chi connectivity index (χ1v) is 13.0. The van der Waals surface area contributed by atoms with Crippen molar-refractivity contribution in [1.29, 1.82) is 0 Å². The van der Waals surface area contributed by atoms with E-state index >= 15 is 0 Å². The van der Waals surface area contributed by atoms with Crippen molar-refractivity contribution < 1.29 is 19.1 Å². The third-order valence-electron chi connectivity index (χ3n) is 5.78. The molecular formula is C28H47N3O4. The van der Waals surface area contributed by atoms with Gasteiger partial charge in [0.1, 0.15) is 17.7 Å². The first-order valence-electron chi connectivity index (χ1n) is 13.0. The van der Waals surface area contributed by atoms with Crippen LogP contribution in [0.2, 0.25) is 0 Å². The molecular weight excluding hydrogens is 442 g/mol. The van der Waals surface area contributed by atoms with Crippen molar-refractivity contribution >= 4 is 17.9 Å². The average Bonchev–Trinajstić information content (AvgIpc) is 2.73. The number of rotatable bonds is 12. The molecule has 1 aromatic rings. The van der Waals surface area contributed by atoms with Crippen LogP contribution in [0.4, 0.5) is 4.79 Å². The fraction of sp³-hybridized carbons (Fsp3) is 0.679. The molecule has 1 aromatic carbocycles. The molecule has 0 fully saturated rings. The summed E-state index contributed by atoms with van der Waals surface area (Å²) in [5, 5.41) is 5.82. The lowest BCUT2D eigenvalue weighted by Crippen LogP contribution is -2.53. The lowest BCUT2D eigenvalue weighted by atomic mass is 9.93. The number of hydrogen-bond acceptors (Lipinski definition) is 4. The van der Waals surface area contributed by atoms with Gasteiger partial charge in [-0.2, -0.15) is 0 Å². The molecule has 3 amide bonds. The molecule has 0 radical (unpaired) electrons. The van der Waals surface area contributed by atoms with Gasteiger partial charge in [0.15, 0.2) is 0 Å². The lowest BCUT2D eigenvalue weighted by Gasteiger charge is -2.35. The first kappa shape index (κ1) is 30.5. The highest BCUT2D eigenvalue weighted by Gasteiger charge is 2.36. The lowest BCUT2D eigenvalue weighted by molar-refractivity contribution is -0.142. The quantitative estimate of drug-likeness (QED) is 0.383. The van der Waals surface area contributed by atoms with E-state index in [0.29, 0.717) is 19.5 Å². The number of alkyl carbamates (subject to hydrolysis) is 1. The van der Waals surface area contributed by atoms with Gasteiger partial charge < -0.3 is 20.3 Å². The second-order valence-electron chi connectivity index (χ2n) is 10.7. The number of carbonyl (C=O) groups excluding carboxylic acids is 3. The molecule has 1 rings (SSSR count). The summed E-state index contributed by atoms with van der Waals surface area (Å²) in [5.74, 6) is -0.336. The predicted octanol–water partition coefficient (Wildman–Crippen LogP) is 5.44. The monoisotopic (exact) mass is 489 g/mol. The third kappa shape index (κ3) is 9.90. The van der Waals surface area contributed by atoms with E-state index < -0.39 is 23.8 Å². The zero-order chi connectivity index (χ0) is 26.8. The Morgan fingerprint density at radius 1 is 1.03 bits per heavy atom. The molecule has 0 saturated heterocycles. The number of hydrogen-bond donors (Lipinski definition) is 2. The molecule has 7 nitrogen and oxygen atoms in total. The summed E-state index contributed by atoms with van der Waals surface area (Å²) in [6.45, 7) is 18.1. The zero-order valence-corrected chi connectivity index (χ0v) is 23.3. The summed E-state index contributed by atoms with van der Waals surface area (Å²) >= 11 is 0. The SMILES string of the molecule is CCCCCNC(=O)C(c1c(C)cccc1C)N(CC)C(=O)C(CC(C)C)NC(=O)OC(C)(C)C. The first-order chi connectivity index (χ1) is 16.3. The number of unbranched alkanes of at least 4 members (excludes halogenated alkanes) is 2. The predicted molar refractivity (Wildman–Crippen MR) is 141 cm³/mol. The van der Waals surface area contributed by atoms with Crippen LogP contribution < -0.4 is 10.6 Å². The Balaban J connectivity index is 3.38. The fourth-order valence-electron chi connectivity index (χ4n) is 4.18. The van der Waals surface area contributed by atoms with Gasteiger partial charge in [0, 0.05) is 13.1 Å². The van der Waals surface area contributed by atoms with Crippen LogP contribution >= 0.6 is 0 Å². The van der Waals surface area contributed by atoms with Crippen LogP contribution in [0, 0.1) is 19.8 Å². The van der Waals surface area contributed by atoms with Crippen molar-refractivity contribution in [3.8, 4) is 0 Å². The summed E-state index contributed by atoms with van der Waals surface area (Å²) in [6, 6.07) is 4.29. The van der Waals surface area contributed by atoms with Crippen LogP contribution in [0.25, 0.3) is 0 Å². The summed E-state index contributed by atoms with van der Waals surface area (Å²) in [6.07, 6.45) is 2.77. The second kappa shape index (κ2) is 14.1. The molecule has 2 N–H and O–H groups in total. The van der Waals surface area contributed by atoms with Crippen LogP contribution in [0.1, 0.15) is 96.9 Å². The molecule has 35 heavy (non-hydrogen) atoms. The second-order valence-corrected chi connectivity index (χ2v) is 10.7. The minimum absolute atomic E-state index is 0.152. The average molecular weight is 490 g/mol. The van der Waals surface area contributed by atoms with E-state index in [1.54, 1.807) is 25.7 Å². The minimum Gasteiger partial charge on any atom is -0.444 e. The van der Waals surface area contributed by atoms with E-state index in [4.69, 9.17) is 4.74 Å². The standard InChI is InChI=1S/C28H47N3O4/c1-10-12-13-17-29-25(32)24(23-20(5)15-14-16-21(23)6)31(11-2)26(33)22(18-19(3)4)30-27(34)35-28(7,8)9/h14-16,19,22,24H,10-13,17-18H2,1-9H3,(H,29,32)(H,30,34). The summed E-state index contributed by atoms with van der Waals surface area (Å²) in [4.78, 5) is 41.6. The van der Waals surface area contributed by atoms with E-state index in [1.807, 2.05) is 52.8 Å². The molecule has 0 heterocycles. The van der Waals surface area contributed by atoms with Gasteiger partial charge in [0.25, 0.3) is 0 Å². The summed E-state index contributed by atoms with van der Waals surface area (Å²) < 4.78 is 5.42. The van der Waals surface area contributed by atoms with Crippen LogP contribution in [0.5, 0.6) is 0 Å². The van der Waals surface area contributed by atoms with Gasteiger partial charge in [-0.25, -0.2) is 4.79 Å². The Hall–Kier alpha value is -2.57. The number of amides is 3. The number of benzene rings is 1. The molecule has 0 aromatic heterocycles. The highest BCUT2D eigenvalue weighted by atomic mass is 16.6. The van der Waals surface area contributed by atoms with Crippen molar-refractivity contribution in [3.63, 3.8) is 0 Å². The third-order valence-corrected chi connectivity index (χ3v) is 5.78. The van der Waals surface area contributed by atoms with Gasteiger partial charge in [-0.05, 0) is 77.0 Å². The smallest absolute Gasteiger partial charge is 0.408 e. The molecule has 7 heteroatoms. The van der Waals surface area contributed by atoms with Crippen LogP contribution in [0.3, 0.4) is 0 Å². The number of carbonyl (C=O) groups is 3. The number of ether oxygens (including phenoxy) is 1. The molecule has 0 aliphatic carbocycles. The molecule has 2 atom stereocenters. The van der Waals surface area contributed by atoms with Crippen molar-refractivity contribution in [1.82, 2.24) is 15.5 Å². The maximum Gasteiger partial charge on any atom is 0.408 e. The number of likely N-dealkylation sites (N-methyl/N-ethyl adjacent to an activating group) is 1. The molecule has 0 saturated carbocycles. The Morgan fingerprint density at radius 3 is 2.11 bits per heavy atom. The van der Waals surface area contributed by atoms with Crippen molar-refractivity contribution in [2.45, 2.75) is 106 Å². The van der Waals surface area contributed by atoms with Gasteiger partial charge in [-0.15, -0.1) is 0 Å². The van der Waals surface area contributed by atoms with E-state index in [1.165, 1.54) is 0 Å². The minimum atomic E-state index is -0.801. The molecule has 2 unspecified atom stereocenters. The van der Waals surface area contributed by atoms with Crippen LogP contribution in [0.15, 0.2) is 18.2 Å². The van der Waals surface area contributed by atoms with Crippen LogP contribution in [-0.4, -0.2) is 47.5 Å². The topological polar surface area (TPSA) is 87.7 Å². The molecule has 0 aliphatic rings. The Labute approximate surface area is 212 Å². The van der Waals surface area contributed by atoms with E-state index in [2.05, 4.69) is 17.6 Å². The number of nitrogens with zero attached hydrogens (tertiary/aromatic N) is 1. The van der Waals surface area contributed by atoms with E-state index in [-0.39, 0.29) is 17.7 Å². The molecule has 198 valence electrons. The molecule has 0 spiro atoms. The fourth-order valence-corrected chi connectivity index (χ4v) is 4.18. The number of aryl methyl sites for hydroxylation is 2. The Kier molecular flexibility index (Phi) is 12.3. The molecule has 0 aliphatic heterocycles. The van der Waals surface area contributed by atoms with Crippen molar-refractivity contribution in [3.05, 3.63) is 34.9 Å². The van der Waals surface area contributed by atoms with Gasteiger partial charge in [-0.3, -0.25) is 9.59 Å².